The van der Waals surface area contributed by atoms with Gasteiger partial charge in [0.25, 0.3) is 5.91 Å². The highest BCUT2D eigenvalue weighted by Gasteiger charge is 2.36. The van der Waals surface area contributed by atoms with Crippen molar-refractivity contribution in [3.05, 3.63) is 23.1 Å². The van der Waals surface area contributed by atoms with Crippen LogP contribution in [-0.4, -0.2) is 21.8 Å². The van der Waals surface area contributed by atoms with Crippen LogP contribution in [0.5, 0.6) is 0 Å². The third kappa shape index (κ3) is 1.74. The highest BCUT2D eigenvalue weighted by Crippen LogP contribution is 2.32. The van der Waals surface area contributed by atoms with Crippen molar-refractivity contribution in [2.24, 2.45) is 0 Å². The Labute approximate surface area is 105 Å². The summed E-state index contributed by atoms with van der Waals surface area (Å²) >= 11 is 0. The minimum Gasteiger partial charge on any atom is -0.384 e. The SMILES string of the molecule is Nc1cc2c(c(F)n1)C(=O)N(C1CCCCC1)C2. The van der Waals surface area contributed by atoms with Crippen LogP contribution in [0.1, 0.15) is 48.0 Å². The number of amides is 1. The number of nitrogens with two attached hydrogens (primary N) is 1. The minimum atomic E-state index is -0.728. The van der Waals surface area contributed by atoms with E-state index < -0.39 is 5.95 Å². The van der Waals surface area contributed by atoms with Gasteiger partial charge < -0.3 is 10.6 Å². The molecule has 0 bridgehead atoms. The Kier molecular flexibility index (Phi) is 2.69. The van der Waals surface area contributed by atoms with E-state index >= 15 is 0 Å². The van der Waals surface area contributed by atoms with Crippen molar-refractivity contribution in [2.45, 2.75) is 44.7 Å². The van der Waals surface area contributed by atoms with Crippen molar-refractivity contribution in [3.8, 4) is 0 Å². The molecule has 5 heteroatoms. The molecule has 1 saturated carbocycles. The summed E-state index contributed by atoms with van der Waals surface area (Å²) < 4.78 is 13.7. The van der Waals surface area contributed by atoms with Gasteiger partial charge in [-0.2, -0.15) is 4.39 Å². The van der Waals surface area contributed by atoms with Crippen molar-refractivity contribution in [2.75, 3.05) is 5.73 Å². The number of fused-ring (bicyclic) bond motifs is 1. The number of hydrogen-bond acceptors (Lipinski definition) is 3. The first-order chi connectivity index (χ1) is 8.66. The number of hydrogen-bond donors (Lipinski definition) is 1. The van der Waals surface area contributed by atoms with Crippen molar-refractivity contribution < 1.29 is 9.18 Å². The van der Waals surface area contributed by atoms with Crippen LogP contribution >= 0.6 is 0 Å². The maximum atomic E-state index is 13.7. The van der Waals surface area contributed by atoms with Crippen molar-refractivity contribution in [3.63, 3.8) is 0 Å². The van der Waals surface area contributed by atoms with Gasteiger partial charge in [-0.15, -0.1) is 0 Å². The Morgan fingerprint density at radius 1 is 1.33 bits per heavy atom. The summed E-state index contributed by atoms with van der Waals surface area (Å²) in [5, 5.41) is 0. The number of rotatable bonds is 1. The number of nitrogens with zero attached hydrogens (tertiary/aromatic N) is 2. The molecule has 1 aromatic heterocycles. The van der Waals surface area contributed by atoms with Gasteiger partial charge in [-0.25, -0.2) is 4.98 Å². The summed E-state index contributed by atoms with van der Waals surface area (Å²) in [7, 11) is 0. The number of carbonyl (C=O) groups is 1. The van der Waals surface area contributed by atoms with E-state index in [0.717, 1.165) is 25.7 Å². The molecule has 3 rings (SSSR count). The number of anilines is 1. The molecule has 2 aliphatic rings. The fourth-order valence-electron chi connectivity index (χ4n) is 3.02. The average molecular weight is 249 g/mol. The molecule has 96 valence electrons. The second kappa shape index (κ2) is 4.23. The van der Waals surface area contributed by atoms with E-state index in [4.69, 9.17) is 5.73 Å². The minimum absolute atomic E-state index is 0.120. The van der Waals surface area contributed by atoms with Gasteiger partial charge in [-0.3, -0.25) is 4.79 Å². The van der Waals surface area contributed by atoms with Gasteiger partial charge >= 0.3 is 0 Å². The van der Waals surface area contributed by atoms with E-state index in [-0.39, 0.29) is 23.3 Å². The van der Waals surface area contributed by atoms with E-state index in [1.807, 2.05) is 0 Å². The van der Waals surface area contributed by atoms with Crippen LogP contribution in [0.3, 0.4) is 0 Å². The lowest BCUT2D eigenvalue weighted by atomic mass is 9.94. The third-order valence-corrected chi connectivity index (χ3v) is 3.91. The molecular formula is C13H16FN3O. The molecule has 2 heterocycles. The van der Waals surface area contributed by atoms with Crippen LogP contribution in [0.15, 0.2) is 6.07 Å². The summed E-state index contributed by atoms with van der Waals surface area (Å²) in [6, 6.07) is 1.86. The number of halogens is 1. The van der Waals surface area contributed by atoms with Gasteiger partial charge in [0.1, 0.15) is 5.82 Å². The smallest absolute Gasteiger partial charge is 0.259 e. The lowest BCUT2D eigenvalue weighted by Crippen LogP contribution is -2.37. The molecule has 2 N–H and O–H groups in total. The zero-order valence-corrected chi connectivity index (χ0v) is 10.2. The number of carbonyl (C=O) groups excluding carboxylic acids is 1. The molecule has 0 radical (unpaired) electrons. The third-order valence-electron chi connectivity index (χ3n) is 3.91. The van der Waals surface area contributed by atoms with E-state index in [0.29, 0.717) is 12.1 Å². The van der Waals surface area contributed by atoms with Crippen LogP contribution in [0.2, 0.25) is 0 Å². The first kappa shape index (κ1) is 11.4. The lowest BCUT2D eigenvalue weighted by molar-refractivity contribution is 0.0656. The van der Waals surface area contributed by atoms with E-state index in [1.54, 1.807) is 11.0 Å². The van der Waals surface area contributed by atoms with Crippen molar-refractivity contribution >= 4 is 11.7 Å². The Morgan fingerprint density at radius 3 is 2.78 bits per heavy atom. The Hall–Kier alpha value is -1.65. The second-order valence-electron chi connectivity index (χ2n) is 5.10. The number of nitrogen functional groups attached to an aromatic ring is 1. The maximum absolute atomic E-state index is 13.7. The molecule has 1 amide bonds. The first-order valence-electron chi connectivity index (χ1n) is 6.42. The number of aromatic nitrogens is 1. The van der Waals surface area contributed by atoms with Gasteiger partial charge in [-0.1, -0.05) is 19.3 Å². The molecular weight excluding hydrogens is 233 g/mol. The van der Waals surface area contributed by atoms with Crippen LogP contribution < -0.4 is 5.73 Å². The summed E-state index contributed by atoms with van der Waals surface area (Å²) in [6.07, 6.45) is 5.56. The fraction of sp³-hybridized carbons (Fsp3) is 0.538. The van der Waals surface area contributed by atoms with Crippen molar-refractivity contribution in [1.82, 2.24) is 9.88 Å². The van der Waals surface area contributed by atoms with Gasteiger partial charge in [0, 0.05) is 12.6 Å². The Morgan fingerprint density at radius 2 is 2.06 bits per heavy atom. The van der Waals surface area contributed by atoms with Crippen LogP contribution in [0.25, 0.3) is 0 Å². The summed E-state index contributed by atoms with van der Waals surface area (Å²) in [5.74, 6) is -0.806. The molecule has 1 fully saturated rings. The zero-order chi connectivity index (χ0) is 12.7. The van der Waals surface area contributed by atoms with Gasteiger partial charge in [0.2, 0.25) is 5.95 Å². The topological polar surface area (TPSA) is 59.2 Å². The van der Waals surface area contributed by atoms with E-state index in [2.05, 4.69) is 4.98 Å². The van der Waals surface area contributed by atoms with Gasteiger partial charge in [0.05, 0.1) is 5.56 Å². The average Bonchev–Trinajstić information content (AvgIpc) is 2.67. The lowest BCUT2D eigenvalue weighted by Gasteiger charge is -2.30. The van der Waals surface area contributed by atoms with Crippen molar-refractivity contribution in [1.29, 1.82) is 0 Å². The van der Waals surface area contributed by atoms with Gasteiger partial charge in [-0.05, 0) is 24.5 Å². The Bertz CT molecular complexity index is 497. The maximum Gasteiger partial charge on any atom is 0.259 e. The predicted octanol–water partition coefficient (Wildman–Crippen LogP) is 2.09. The molecule has 0 saturated heterocycles. The zero-order valence-electron chi connectivity index (χ0n) is 10.2. The summed E-state index contributed by atoms with van der Waals surface area (Å²) in [4.78, 5) is 17.6. The standard InChI is InChI=1S/C13H16FN3O/c14-12-11-8(6-10(15)16-12)7-17(13(11)18)9-4-2-1-3-5-9/h6,9H,1-5,7H2,(H2,15,16). The molecule has 18 heavy (non-hydrogen) atoms. The molecule has 1 aliphatic carbocycles. The predicted molar refractivity (Wildman–Crippen MR) is 65.4 cm³/mol. The molecule has 0 spiro atoms. The molecule has 0 atom stereocenters. The molecule has 1 aliphatic heterocycles. The van der Waals surface area contributed by atoms with Crippen LogP contribution in [0.4, 0.5) is 10.2 Å². The fourth-order valence-corrected chi connectivity index (χ4v) is 3.02. The highest BCUT2D eigenvalue weighted by atomic mass is 19.1. The first-order valence-corrected chi connectivity index (χ1v) is 6.42. The molecule has 0 aromatic carbocycles. The highest BCUT2D eigenvalue weighted by molar-refractivity contribution is 5.98. The monoisotopic (exact) mass is 249 g/mol. The van der Waals surface area contributed by atoms with Gasteiger partial charge in [0.15, 0.2) is 0 Å². The summed E-state index contributed by atoms with van der Waals surface area (Å²) in [6.45, 7) is 0.475. The molecule has 0 unspecified atom stereocenters. The van der Waals surface area contributed by atoms with E-state index in [9.17, 15) is 9.18 Å². The molecule has 1 aromatic rings. The molecule has 4 nitrogen and oxygen atoms in total. The second-order valence-corrected chi connectivity index (χ2v) is 5.10. The Balaban J connectivity index is 1.91. The number of pyridine rings is 1. The largest absolute Gasteiger partial charge is 0.384 e. The van der Waals surface area contributed by atoms with Crippen LogP contribution in [-0.2, 0) is 6.54 Å². The van der Waals surface area contributed by atoms with E-state index in [1.165, 1.54) is 6.42 Å². The quantitative estimate of drug-likeness (QED) is 0.775. The normalized spacial score (nSPS) is 20.3. The summed E-state index contributed by atoms with van der Waals surface area (Å²) in [5.41, 5.74) is 6.32. The van der Waals surface area contributed by atoms with Crippen LogP contribution in [0, 0.1) is 5.95 Å².